The minimum atomic E-state index is -0.150. The van der Waals surface area contributed by atoms with E-state index in [-0.39, 0.29) is 5.91 Å². The van der Waals surface area contributed by atoms with Crippen LogP contribution in [0.25, 0.3) is 0 Å². The summed E-state index contributed by atoms with van der Waals surface area (Å²) in [5, 5.41) is 3.63. The second-order valence-electron chi connectivity index (χ2n) is 5.45. The highest BCUT2D eigenvalue weighted by Gasteiger charge is 2.26. The molecule has 1 aliphatic rings. The molecule has 2 heterocycles. The topological polar surface area (TPSA) is 67.6 Å². The first-order valence-electron chi connectivity index (χ1n) is 7.55. The van der Waals surface area contributed by atoms with Crippen molar-refractivity contribution < 1.29 is 9.53 Å². The first-order chi connectivity index (χ1) is 10.1. The minimum absolute atomic E-state index is 0.150. The molecule has 1 aromatic rings. The second-order valence-corrected chi connectivity index (χ2v) is 6.45. The van der Waals surface area contributed by atoms with Gasteiger partial charge in [-0.05, 0) is 25.2 Å². The maximum absolute atomic E-state index is 11.9. The summed E-state index contributed by atoms with van der Waals surface area (Å²) in [6.45, 7) is 4.26. The molecule has 5 nitrogen and oxygen atoms in total. The number of anilines is 2. The third-order valence-electron chi connectivity index (χ3n) is 4.23. The normalized spacial score (nSPS) is 19.2. The van der Waals surface area contributed by atoms with E-state index in [9.17, 15) is 4.79 Å². The number of amides is 1. The van der Waals surface area contributed by atoms with E-state index in [0.29, 0.717) is 16.3 Å². The zero-order valence-corrected chi connectivity index (χ0v) is 13.9. The Bertz CT molecular complexity index is 501. The van der Waals surface area contributed by atoms with Gasteiger partial charge in [-0.15, -0.1) is 11.3 Å². The number of rotatable bonds is 4. The van der Waals surface area contributed by atoms with Crippen LogP contribution in [0, 0.1) is 5.92 Å². The first kappa shape index (κ1) is 15.9. The molecule has 0 bridgehead atoms. The lowest BCUT2D eigenvalue weighted by molar-refractivity contribution is 0.0967. The average Bonchev–Trinajstić information content (AvgIpc) is 2.68. The van der Waals surface area contributed by atoms with Crippen molar-refractivity contribution in [1.82, 2.24) is 5.32 Å². The molecular weight excluding hydrogens is 286 g/mol. The summed E-state index contributed by atoms with van der Waals surface area (Å²) in [4.78, 5) is 14.8. The molecular formula is C15H25N3O2S. The maximum Gasteiger partial charge on any atom is 0.263 e. The summed E-state index contributed by atoms with van der Waals surface area (Å²) in [6, 6.07) is 0. The largest absolute Gasteiger partial charge is 0.492 e. The molecule has 0 spiro atoms. The van der Waals surface area contributed by atoms with Gasteiger partial charge in [0.25, 0.3) is 5.91 Å². The Morgan fingerprint density at radius 3 is 2.86 bits per heavy atom. The van der Waals surface area contributed by atoms with Crippen molar-refractivity contribution >= 4 is 27.9 Å². The first-order valence-corrected chi connectivity index (χ1v) is 8.37. The van der Waals surface area contributed by atoms with Gasteiger partial charge >= 0.3 is 0 Å². The second kappa shape index (κ2) is 7.02. The Labute approximate surface area is 130 Å². The standard InChI is InChI=1S/C15H25N3O2S/c1-4-10-6-5-8-18(9-7-10)15-12(20-3)11(16)13(21-15)14(19)17-2/h10H,4-9,16H2,1-3H3,(H,17,19). The molecule has 1 fully saturated rings. The molecule has 0 saturated carbocycles. The maximum atomic E-state index is 11.9. The van der Waals surface area contributed by atoms with Gasteiger partial charge in [0, 0.05) is 20.1 Å². The molecule has 1 unspecified atom stereocenters. The molecule has 6 heteroatoms. The summed E-state index contributed by atoms with van der Waals surface area (Å²) < 4.78 is 5.46. The van der Waals surface area contributed by atoms with Crippen LogP contribution in [0.2, 0.25) is 0 Å². The van der Waals surface area contributed by atoms with Crippen LogP contribution in [0.4, 0.5) is 10.7 Å². The minimum Gasteiger partial charge on any atom is -0.492 e. The number of ether oxygens (including phenoxy) is 1. The fourth-order valence-corrected chi connectivity index (χ4v) is 4.07. The molecule has 21 heavy (non-hydrogen) atoms. The predicted octanol–water partition coefficient (Wildman–Crippen LogP) is 2.72. The van der Waals surface area contributed by atoms with Crippen LogP contribution in [-0.4, -0.2) is 33.2 Å². The van der Waals surface area contributed by atoms with E-state index in [1.54, 1.807) is 14.2 Å². The fraction of sp³-hybridized carbons (Fsp3) is 0.667. The van der Waals surface area contributed by atoms with Gasteiger partial charge in [-0.2, -0.15) is 0 Å². The number of hydrogen-bond donors (Lipinski definition) is 2. The van der Waals surface area contributed by atoms with Crippen molar-refractivity contribution in [3.63, 3.8) is 0 Å². The van der Waals surface area contributed by atoms with Gasteiger partial charge in [-0.25, -0.2) is 0 Å². The SMILES string of the molecule is CCC1CCCN(c2sc(C(=O)NC)c(N)c2OC)CC1. The van der Waals surface area contributed by atoms with Crippen molar-refractivity contribution in [1.29, 1.82) is 0 Å². The number of nitrogens with one attached hydrogen (secondary N) is 1. The number of nitrogens with zero attached hydrogens (tertiary/aromatic N) is 1. The molecule has 1 atom stereocenters. The quantitative estimate of drug-likeness (QED) is 0.897. The summed E-state index contributed by atoms with van der Waals surface area (Å²) >= 11 is 1.43. The molecule has 118 valence electrons. The van der Waals surface area contributed by atoms with Crippen molar-refractivity contribution in [2.75, 3.05) is 37.9 Å². The van der Waals surface area contributed by atoms with Crippen molar-refractivity contribution in [2.45, 2.75) is 32.6 Å². The lowest BCUT2D eigenvalue weighted by Gasteiger charge is -2.22. The van der Waals surface area contributed by atoms with E-state index in [4.69, 9.17) is 10.5 Å². The van der Waals surface area contributed by atoms with Gasteiger partial charge in [0.2, 0.25) is 0 Å². The van der Waals surface area contributed by atoms with E-state index < -0.39 is 0 Å². The van der Waals surface area contributed by atoms with Gasteiger partial charge in [-0.1, -0.05) is 13.3 Å². The molecule has 1 saturated heterocycles. The number of hydrogen-bond acceptors (Lipinski definition) is 5. The number of nitrogen functional groups attached to an aromatic ring is 1. The predicted molar refractivity (Wildman–Crippen MR) is 88.5 cm³/mol. The summed E-state index contributed by atoms with van der Waals surface area (Å²) in [5.74, 6) is 1.30. The Kier molecular flexibility index (Phi) is 5.33. The van der Waals surface area contributed by atoms with Gasteiger partial charge < -0.3 is 20.7 Å². The van der Waals surface area contributed by atoms with Crippen molar-refractivity contribution in [2.24, 2.45) is 5.92 Å². The number of thiophene rings is 1. The third kappa shape index (κ3) is 3.26. The van der Waals surface area contributed by atoms with Crippen LogP contribution < -0.4 is 20.7 Å². The fourth-order valence-electron chi connectivity index (χ4n) is 2.88. The lowest BCUT2D eigenvalue weighted by atomic mass is 9.98. The van der Waals surface area contributed by atoms with E-state index >= 15 is 0 Å². The zero-order valence-electron chi connectivity index (χ0n) is 13.1. The number of nitrogens with two attached hydrogens (primary N) is 1. The smallest absolute Gasteiger partial charge is 0.263 e. The zero-order chi connectivity index (χ0) is 15.4. The Morgan fingerprint density at radius 1 is 1.48 bits per heavy atom. The van der Waals surface area contributed by atoms with Crippen LogP contribution >= 0.6 is 11.3 Å². The number of methoxy groups -OCH3 is 1. The van der Waals surface area contributed by atoms with E-state index in [0.717, 1.165) is 24.0 Å². The van der Waals surface area contributed by atoms with E-state index in [1.807, 2.05) is 0 Å². The van der Waals surface area contributed by atoms with Crippen LogP contribution in [0.1, 0.15) is 42.3 Å². The molecule has 3 N–H and O–H groups in total. The molecule has 0 aliphatic carbocycles. The number of carbonyl (C=O) groups excluding carboxylic acids is 1. The van der Waals surface area contributed by atoms with Gasteiger partial charge in [-0.3, -0.25) is 4.79 Å². The van der Waals surface area contributed by atoms with Crippen LogP contribution in [-0.2, 0) is 0 Å². The number of carbonyl (C=O) groups is 1. The monoisotopic (exact) mass is 311 g/mol. The average molecular weight is 311 g/mol. The summed E-state index contributed by atoms with van der Waals surface area (Å²) in [7, 11) is 3.23. The highest BCUT2D eigenvalue weighted by Crippen LogP contribution is 2.45. The third-order valence-corrected chi connectivity index (χ3v) is 5.48. The molecule has 1 aromatic heterocycles. The Hall–Kier alpha value is -1.43. The molecule has 1 aliphatic heterocycles. The molecule has 2 rings (SSSR count). The highest BCUT2D eigenvalue weighted by molar-refractivity contribution is 7.19. The lowest BCUT2D eigenvalue weighted by Crippen LogP contribution is -2.23. The van der Waals surface area contributed by atoms with Crippen molar-refractivity contribution in [3.8, 4) is 5.75 Å². The van der Waals surface area contributed by atoms with Gasteiger partial charge in [0.05, 0.1) is 7.11 Å². The van der Waals surface area contributed by atoms with Gasteiger partial charge in [0.1, 0.15) is 15.6 Å². The Morgan fingerprint density at radius 2 is 2.24 bits per heavy atom. The Balaban J connectivity index is 2.28. The van der Waals surface area contributed by atoms with Crippen LogP contribution in [0.15, 0.2) is 0 Å². The van der Waals surface area contributed by atoms with E-state index in [1.165, 1.54) is 37.0 Å². The molecule has 0 radical (unpaired) electrons. The summed E-state index contributed by atoms with van der Waals surface area (Å²) in [6.07, 6.45) is 4.88. The highest BCUT2D eigenvalue weighted by atomic mass is 32.1. The van der Waals surface area contributed by atoms with Crippen LogP contribution in [0.3, 0.4) is 0 Å². The van der Waals surface area contributed by atoms with Crippen LogP contribution in [0.5, 0.6) is 5.75 Å². The molecule has 1 amide bonds. The molecule has 0 aromatic carbocycles. The van der Waals surface area contributed by atoms with Gasteiger partial charge in [0.15, 0.2) is 5.75 Å². The van der Waals surface area contributed by atoms with Crippen molar-refractivity contribution in [3.05, 3.63) is 4.88 Å². The van der Waals surface area contributed by atoms with E-state index in [2.05, 4.69) is 17.1 Å². The summed E-state index contributed by atoms with van der Waals surface area (Å²) in [5.41, 5.74) is 6.54.